The van der Waals surface area contributed by atoms with Crippen molar-refractivity contribution in [3.63, 3.8) is 0 Å². The summed E-state index contributed by atoms with van der Waals surface area (Å²) in [6, 6.07) is 6.23. The molecule has 0 aliphatic carbocycles. The summed E-state index contributed by atoms with van der Waals surface area (Å²) in [7, 11) is -1.03. The van der Waals surface area contributed by atoms with Crippen LogP contribution in [-0.2, 0) is 15.6 Å². The molecule has 1 aromatic rings. The van der Waals surface area contributed by atoms with E-state index in [1.807, 2.05) is 11.0 Å². The lowest BCUT2D eigenvalue weighted by Crippen LogP contribution is -2.38. The molecule has 2 aliphatic rings. The van der Waals surface area contributed by atoms with E-state index in [1.54, 1.807) is 29.7 Å². The van der Waals surface area contributed by atoms with Crippen molar-refractivity contribution in [2.75, 3.05) is 13.1 Å². The van der Waals surface area contributed by atoms with Gasteiger partial charge in [0.15, 0.2) is 0 Å². The van der Waals surface area contributed by atoms with Crippen LogP contribution in [0.1, 0.15) is 18.0 Å². The van der Waals surface area contributed by atoms with Gasteiger partial charge in [-0.05, 0) is 29.7 Å². The van der Waals surface area contributed by atoms with Crippen molar-refractivity contribution < 1.29 is 14.1 Å². The number of carbonyl (C=O) groups is 1. The highest BCUT2D eigenvalue weighted by atomic mass is 35.5. The smallest absolute Gasteiger partial charge is 0.325 e. The van der Waals surface area contributed by atoms with Crippen LogP contribution in [0.2, 0.25) is 5.02 Å². The summed E-state index contributed by atoms with van der Waals surface area (Å²) in [6.45, 7) is 1.05. The van der Waals surface area contributed by atoms with Crippen LogP contribution in [0.3, 0.4) is 0 Å². The van der Waals surface area contributed by atoms with Gasteiger partial charge in [0.05, 0.1) is 10.8 Å². The van der Waals surface area contributed by atoms with Crippen LogP contribution in [-0.4, -0.2) is 33.3 Å². The molecule has 0 fully saturated rings. The summed E-state index contributed by atoms with van der Waals surface area (Å²) < 4.78 is 11.8. The molecular weight excluding hydrogens is 310 g/mol. The Morgan fingerprint density at radius 2 is 2.14 bits per heavy atom. The SMILES string of the molecule is O=C(O)[C@H](c1ccccc1Cl)N1CCC2=C(C=CS2=O)C1. The molecule has 3 rings (SSSR count). The average molecular weight is 324 g/mol. The van der Waals surface area contributed by atoms with Crippen molar-refractivity contribution >= 4 is 28.4 Å². The molecule has 2 aliphatic heterocycles. The molecule has 0 spiro atoms. The van der Waals surface area contributed by atoms with E-state index in [0.29, 0.717) is 30.1 Å². The molecule has 21 heavy (non-hydrogen) atoms. The zero-order valence-electron chi connectivity index (χ0n) is 11.2. The second-order valence-corrected chi connectivity index (χ2v) is 6.80. The zero-order valence-corrected chi connectivity index (χ0v) is 12.7. The van der Waals surface area contributed by atoms with Gasteiger partial charge in [-0.1, -0.05) is 29.8 Å². The van der Waals surface area contributed by atoms with Crippen LogP contribution in [0.5, 0.6) is 0 Å². The predicted octanol–water partition coefficient (Wildman–Crippen LogP) is 2.70. The second-order valence-electron chi connectivity index (χ2n) is 5.03. The second kappa shape index (κ2) is 5.75. The monoisotopic (exact) mass is 323 g/mol. The van der Waals surface area contributed by atoms with E-state index in [1.165, 1.54) is 0 Å². The number of hydrogen-bond acceptors (Lipinski definition) is 3. The molecule has 0 bridgehead atoms. The lowest BCUT2D eigenvalue weighted by molar-refractivity contribution is -0.143. The van der Waals surface area contributed by atoms with Crippen LogP contribution >= 0.6 is 11.6 Å². The summed E-state index contributed by atoms with van der Waals surface area (Å²) in [6.07, 6.45) is 2.46. The Hall–Kier alpha value is -1.43. The highest BCUT2D eigenvalue weighted by Crippen LogP contribution is 2.34. The maximum atomic E-state index is 11.8. The fourth-order valence-corrected chi connectivity index (χ4v) is 4.17. The number of benzene rings is 1. The fourth-order valence-electron chi connectivity index (χ4n) is 2.80. The van der Waals surface area contributed by atoms with Gasteiger partial charge in [-0.3, -0.25) is 13.9 Å². The minimum atomic E-state index is -1.03. The molecule has 1 N–H and O–H groups in total. The molecule has 0 radical (unpaired) electrons. The maximum Gasteiger partial charge on any atom is 0.325 e. The number of rotatable bonds is 3. The Labute approximate surface area is 130 Å². The van der Waals surface area contributed by atoms with Crippen molar-refractivity contribution in [1.82, 2.24) is 4.90 Å². The van der Waals surface area contributed by atoms with Gasteiger partial charge in [-0.2, -0.15) is 0 Å². The first-order chi connectivity index (χ1) is 10.1. The molecule has 0 saturated carbocycles. The molecule has 2 heterocycles. The number of carboxylic acid groups (broad SMARTS) is 1. The molecule has 4 nitrogen and oxygen atoms in total. The maximum absolute atomic E-state index is 11.8. The summed E-state index contributed by atoms with van der Waals surface area (Å²) >= 11 is 6.15. The summed E-state index contributed by atoms with van der Waals surface area (Å²) in [4.78, 5) is 14.5. The van der Waals surface area contributed by atoms with E-state index in [0.717, 1.165) is 10.5 Å². The van der Waals surface area contributed by atoms with Gasteiger partial charge in [0.2, 0.25) is 0 Å². The standard InChI is InChI=1S/C15H14ClNO3S/c16-12-4-2-1-3-11(12)14(15(18)19)17-7-5-13-10(9-17)6-8-21(13)20/h1-4,6,8,14H,5,7,9H2,(H,18,19)/t14-,21?/m0/s1. The third-order valence-corrected chi connectivity index (χ3v) is 5.47. The van der Waals surface area contributed by atoms with E-state index >= 15 is 0 Å². The Morgan fingerprint density at radius 3 is 2.86 bits per heavy atom. The minimum absolute atomic E-state index is 0.454. The molecule has 2 atom stereocenters. The number of nitrogens with zero attached hydrogens (tertiary/aromatic N) is 1. The number of hydrogen-bond donors (Lipinski definition) is 1. The molecule has 0 saturated heterocycles. The quantitative estimate of drug-likeness (QED) is 0.929. The minimum Gasteiger partial charge on any atom is -0.480 e. The van der Waals surface area contributed by atoms with Crippen molar-refractivity contribution in [3.05, 3.63) is 56.8 Å². The van der Waals surface area contributed by atoms with Crippen LogP contribution in [0, 0.1) is 0 Å². The van der Waals surface area contributed by atoms with Crippen molar-refractivity contribution in [3.8, 4) is 0 Å². The lowest BCUT2D eigenvalue weighted by atomic mass is 10.0. The van der Waals surface area contributed by atoms with E-state index in [9.17, 15) is 14.1 Å². The van der Waals surface area contributed by atoms with Gasteiger partial charge >= 0.3 is 5.97 Å². The fraction of sp³-hybridized carbons (Fsp3) is 0.267. The summed E-state index contributed by atoms with van der Waals surface area (Å²) in [5.74, 6) is -0.921. The van der Waals surface area contributed by atoms with Crippen LogP contribution in [0.25, 0.3) is 0 Å². The van der Waals surface area contributed by atoms with Gasteiger partial charge in [-0.15, -0.1) is 0 Å². The highest BCUT2D eigenvalue weighted by molar-refractivity contribution is 7.92. The number of aliphatic carboxylic acids is 1. The first-order valence-corrected chi connectivity index (χ1v) is 8.19. The molecular formula is C15H14ClNO3S. The van der Waals surface area contributed by atoms with Crippen molar-refractivity contribution in [2.45, 2.75) is 12.5 Å². The Morgan fingerprint density at radius 1 is 1.38 bits per heavy atom. The normalized spacial score (nSPS) is 23.2. The van der Waals surface area contributed by atoms with Crippen molar-refractivity contribution in [2.24, 2.45) is 0 Å². The van der Waals surface area contributed by atoms with Crippen molar-refractivity contribution in [1.29, 1.82) is 0 Å². The number of halogens is 1. The van der Waals surface area contributed by atoms with E-state index in [2.05, 4.69) is 0 Å². The average Bonchev–Trinajstić information content (AvgIpc) is 2.82. The first kappa shape index (κ1) is 14.5. The van der Waals surface area contributed by atoms with Gasteiger partial charge in [0.25, 0.3) is 0 Å². The third kappa shape index (κ3) is 2.69. The largest absolute Gasteiger partial charge is 0.480 e. The van der Waals surface area contributed by atoms with Gasteiger partial charge in [0, 0.05) is 28.4 Å². The van der Waals surface area contributed by atoms with E-state index in [4.69, 9.17) is 11.6 Å². The molecule has 6 heteroatoms. The Balaban J connectivity index is 1.92. The molecule has 0 amide bonds. The zero-order chi connectivity index (χ0) is 15.0. The van der Waals surface area contributed by atoms with Crippen LogP contribution in [0.15, 0.2) is 46.2 Å². The summed E-state index contributed by atoms with van der Waals surface area (Å²) in [5, 5.41) is 11.7. The third-order valence-electron chi connectivity index (χ3n) is 3.79. The highest BCUT2D eigenvalue weighted by Gasteiger charge is 2.33. The summed E-state index contributed by atoms with van der Waals surface area (Å²) in [5.41, 5.74) is 1.57. The molecule has 110 valence electrons. The molecule has 0 aromatic heterocycles. The van der Waals surface area contributed by atoms with Crippen LogP contribution in [0.4, 0.5) is 0 Å². The Kier molecular flexibility index (Phi) is 3.97. The lowest BCUT2D eigenvalue weighted by Gasteiger charge is -2.33. The first-order valence-electron chi connectivity index (χ1n) is 6.60. The predicted molar refractivity (Wildman–Crippen MR) is 82.3 cm³/mol. The van der Waals surface area contributed by atoms with Gasteiger partial charge in [0.1, 0.15) is 6.04 Å². The topological polar surface area (TPSA) is 57.6 Å². The Bertz CT molecular complexity index is 683. The number of carboxylic acids is 1. The van der Waals surface area contributed by atoms with Crippen LogP contribution < -0.4 is 0 Å². The van der Waals surface area contributed by atoms with E-state index in [-0.39, 0.29) is 0 Å². The van der Waals surface area contributed by atoms with Gasteiger partial charge < -0.3 is 5.11 Å². The molecule has 1 unspecified atom stereocenters. The molecule has 1 aromatic carbocycles. The van der Waals surface area contributed by atoms with E-state index < -0.39 is 22.8 Å². The van der Waals surface area contributed by atoms with Gasteiger partial charge in [-0.25, -0.2) is 0 Å².